The van der Waals surface area contributed by atoms with Gasteiger partial charge < -0.3 is 11.5 Å². The zero-order chi connectivity index (χ0) is 9.72. The molecule has 0 aliphatic carbocycles. The molecule has 2 atom stereocenters. The summed E-state index contributed by atoms with van der Waals surface area (Å²) in [7, 11) is 0. The highest BCUT2D eigenvalue weighted by Crippen LogP contribution is 2.10. The molecule has 5 heteroatoms. The van der Waals surface area contributed by atoms with E-state index in [1.54, 1.807) is 6.92 Å². The molecule has 0 saturated heterocycles. The highest BCUT2D eigenvalue weighted by Gasteiger charge is 2.16. The lowest BCUT2D eigenvalue weighted by molar-refractivity contribution is 0.625. The average Bonchev–Trinajstić information content (AvgIpc) is 1.98. The number of nitrogens with two attached hydrogens (primary N) is 2. The third-order valence-corrected chi connectivity index (χ3v) is 1.65. The van der Waals surface area contributed by atoms with Gasteiger partial charge in [0.15, 0.2) is 0 Å². The third-order valence-electron chi connectivity index (χ3n) is 1.65. The van der Waals surface area contributed by atoms with Crippen molar-refractivity contribution in [1.29, 1.82) is 16.1 Å². The third kappa shape index (κ3) is 3.01. The van der Waals surface area contributed by atoms with Gasteiger partial charge in [0.25, 0.3) is 0 Å². The first-order valence-corrected chi connectivity index (χ1v) is 3.56. The van der Waals surface area contributed by atoms with Gasteiger partial charge in [-0.05, 0) is 6.42 Å². The van der Waals surface area contributed by atoms with Crippen LogP contribution in [0.3, 0.4) is 0 Å². The van der Waals surface area contributed by atoms with Crippen LogP contribution in [0.4, 0.5) is 0 Å². The molecule has 0 radical (unpaired) electrons. The van der Waals surface area contributed by atoms with Gasteiger partial charge in [-0.1, -0.05) is 6.92 Å². The van der Waals surface area contributed by atoms with Crippen LogP contribution in [0.25, 0.3) is 0 Å². The van der Waals surface area contributed by atoms with Crippen molar-refractivity contribution in [2.24, 2.45) is 23.3 Å². The molecule has 0 aromatic rings. The molecule has 0 spiro atoms. The number of amidine groups is 2. The normalized spacial score (nSPS) is 14.3. The Hall–Kier alpha value is -1.57. The Balaban J connectivity index is 4.15. The van der Waals surface area contributed by atoms with E-state index in [0.29, 0.717) is 6.42 Å². The van der Waals surface area contributed by atoms with Crippen LogP contribution < -0.4 is 11.5 Å². The van der Waals surface area contributed by atoms with E-state index in [4.69, 9.17) is 27.5 Å². The summed E-state index contributed by atoms with van der Waals surface area (Å²) in [5, 5.41) is 22.6. The molecule has 0 saturated carbocycles. The fourth-order valence-electron chi connectivity index (χ4n) is 0.730. The van der Waals surface area contributed by atoms with Gasteiger partial charge in [-0.15, -0.1) is 0 Å². The highest BCUT2D eigenvalue weighted by atomic mass is 14.7. The van der Waals surface area contributed by atoms with Crippen molar-refractivity contribution < 1.29 is 0 Å². The summed E-state index contributed by atoms with van der Waals surface area (Å²) >= 11 is 0. The maximum absolute atomic E-state index is 8.54. The zero-order valence-electron chi connectivity index (χ0n) is 6.96. The first-order valence-electron chi connectivity index (χ1n) is 3.56. The van der Waals surface area contributed by atoms with Crippen LogP contribution in [0.2, 0.25) is 0 Å². The predicted molar refractivity (Wildman–Crippen MR) is 46.7 cm³/mol. The van der Waals surface area contributed by atoms with Gasteiger partial charge in [-0.2, -0.15) is 5.26 Å². The zero-order valence-corrected chi connectivity index (χ0v) is 6.96. The summed E-state index contributed by atoms with van der Waals surface area (Å²) in [6.45, 7) is 1.73. The number of nitrogens with zero attached hydrogens (tertiary/aromatic N) is 1. The van der Waals surface area contributed by atoms with Crippen molar-refractivity contribution in [2.45, 2.75) is 13.3 Å². The summed E-state index contributed by atoms with van der Waals surface area (Å²) in [4.78, 5) is 0. The van der Waals surface area contributed by atoms with E-state index in [-0.39, 0.29) is 17.6 Å². The van der Waals surface area contributed by atoms with Crippen molar-refractivity contribution in [3.63, 3.8) is 0 Å². The Labute approximate surface area is 71.4 Å². The van der Waals surface area contributed by atoms with E-state index < -0.39 is 5.92 Å². The monoisotopic (exact) mass is 167 g/mol. The van der Waals surface area contributed by atoms with E-state index in [9.17, 15) is 0 Å². The Kier molecular flexibility index (Phi) is 3.77. The van der Waals surface area contributed by atoms with E-state index in [0.717, 1.165) is 0 Å². The van der Waals surface area contributed by atoms with Crippen LogP contribution in [-0.2, 0) is 0 Å². The summed E-state index contributed by atoms with van der Waals surface area (Å²) in [5.74, 6) is -0.954. The smallest absolute Gasteiger partial charge is 0.108 e. The molecule has 0 fully saturated rings. The second kappa shape index (κ2) is 4.34. The van der Waals surface area contributed by atoms with E-state index in [2.05, 4.69) is 0 Å². The molecular formula is C7H13N5. The molecule has 0 amide bonds. The van der Waals surface area contributed by atoms with Crippen molar-refractivity contribution in [2.75, 3.05) is 0 Å². The van der Waals surface area contributed by atoms with Gasteiger partial charge in [0.2, 0.25) is 0 Å². The van der Waals surface area contributed by atoms with Gasteiger partial charge in [0.1, 0.15) is 11.8 Å². The fourth-order valence-corrected chi connectivity index (χ4v) is 0.730. The number of hydrogen-bond acceptors (Lipinski definition) is 3. The molecule has 12 heavy (non-hydrogen) atoms. The summed E-state index contributed by atoms with van der Waals surface area (Å²) in [6.07, 6.45) is 0.348. The van der Waals surface area contributed by atoms with Crippen molar-refractivity contribution in [3.8, 4) is 6.07 Å². The molecule has 0 heterocycles. The second-order valence-electron chi connectivity index (χ2n) is 2.73. The fraction of sp³-hybridized carbons (Fsp3) is 0.571. The van der Waals surface area contributed by atoms with E-state index >= 15 is 0 Å². The maximum Gasteiger partial charge on any atom is 0.108 e. The Morgan fingerprint density at radius 1 is 1.42 bits per heavy atom. The average molecular weight is 167 g/mol. The summed E-state index contributed by atoms with van der Waals surface area (Å²) in [6, 6.07) is 1.89. The van der Waals surface area contributed by atoms with Crippen LogP contribution in [0.1, 0.15) is 13.3 Å². The van der Waals surface area contributed by atoms with Crippen molar-refractivity contribution in [3.05, 3.63) is 0 Å². The maximum atomic E-state index is 8.54. The molecule has 2 unspecified atom stereocenters. The largest absolute Gasteiger partial charge is 0.387 e. The van der Waals surface area contributed by atoms with Crippen LogP contribution in [-0.4, -0.2) is 11.7 Å². The minimum Gasteiger partial charge on any atom is -0.387 e. The SMILES string of the molecule is CC(CC(C#N)C(=N)N)C(=N)N. The van der Waals surface area contributed by atoms with Gasteiger partial charge in [-0.3, -0.25) is 10.8 Å². The van der Waals surface area contributed by atoms with Crippen molar-refractivity contribution >= 4 is 11.7 Å². The predicted octanol–water partition coefficient (Wildman–Crippen LogP) is 0.0243. The lowest BCUT2D eigenvalue weighted by atomic mass is 9.95. The molecule has 0 aliphatic rings. The van der Waals surface area contributed by atoms with Crippen LogP contribution in [0, 0.1) is 34.0 Å². The lowest BCUT2D eigenvalue weighted by Gasteiger charge is -2.12. The Morgan fingerprint density at radius 3 is 2.17 bits per heavy atom. The number of nitriles is 1. The van der Waals surface area contributed by atoms with Gasteiger partial charge in [0.05, 0.1) is 11.9 Å². The molecule has 6 N–H and O–H groups in total. The second-order valence-corrected chi connectivity index (χ2v) is 2.73. The molecule has 0 bridgehead atoms. The summed E-state index contributed by atoms with van der Waals surface area (Å²) < 4.78 is 0. The number of nitrogens with one attached hydrogen (secondary N) is 2. The number of hydrogen-bond donors (Lipinski definition) is 4. The van der Waals surface area contributed by atoms with Gasteiger partial charge in [0, 0.05) is 5.92 Å². The molecular weight excluding hydrogens is 154 g/mol. The minimum atomic E-state index is -0.621. The van der Waals surface area contributed by atoms with Crippen LogP contribution >= 0.6 is 0 Å². The first kappa shape index (κ1) is 10.4. The summed E-state index contributed by atoms with van der Waals surface area (Å²) in [5.41, 5.74) is 10.3. The molecule has 66 valence electrons. The Morgan fingerprint density at radius 2 is 1.92 bits per heavy atom. The standard InChI is InChI=1S/C7H13N5/c1-4(6(9)10)2-5(3-8)7(11)12/h4-5H,2H2,1H3,(H3,9,10)(H3,11,12). The molecule has 0 aromatic carbocycles. The lowest BCUT2D eigenvalue weighted by Crippen LogP contribution is -2.28. The molecule has 0 aromatic heterocycles. The molecule has 5 nitrogen and oxygen atoms in total. The highest BCUT2D eigenvalue weighted by molar-refractivity contribution is 5.84. The van der Waals surface area contributed by atoms with Gasteiger partial charge >= 0.3 is 0 Å². The molecule has 0 rings (SSSR count). The number of rotatable bonds is 4. The van der Waals surface area contributed by atoms with Crippen molar-refractivity contribution in [1.82, 2.24) is 0 Å². The van der Waals surface area contributed by atoms with E-state index in [1.165, 1.54) is 0 Å². The Bertz CT molecular complexity index is 226. The van der Waals surface area contributed by atoms with Crippen LogP contribution in [0.15, 0.2) is 0 Å². The van der Waals surface area contributed by atoms with E-state index in [1.807, 2.05) is 6.07 Å². The first-order chi connectivity index (χ1) is 5.49. The molecule has 0 aliphatic heterocycles. The quantitative estimate of drug-likeness (QED) is 0.348. The topological polar surface area (TPSA) is 124 Å². The minimum absolute atomic E-state index is 0.0245. The van der Waals surface area contributed by atoms with Crippen LogP contribution in [0.5, 0.6) is 0 Å². The van der Waals surface area contributed by atoms with Gasteiger partial charge in [-0.25, -0.2) is 0 Å².